The predicted molar refractivity (Wildman–Crippen MR) is 80.3 cm³/mol. The Labute approximate surface area is 120 Å². The van der Waals surface area contributed by atoms with Gasteiger partial charge < -0.3 is 5.32 Å². The minimum absolute atomic E-state index is 0.215. The van der Waals surface area contributed by atoms with E-state index in [4.69, 9.17) is 6.42 Å². The van der Waals surface area contributed by atoms with Crippen molar-refractivity contribution in [3.05, 3.63) is 53.1 Å². The molecule has 0 bridgehead atoms. The number of para-hydroxylation sites is 1. The van der Waals surface area contributed by atoms with Crippen LogP contribution < -0.4 is 10.9 Å². The maximum Gasteiger partial charge on any atom is 0.287 e. The van der Waals surface area contributed by atoms with Gasteiger partial charge in [-0.1, -0.05) is 24.1 Å². The summed E-state index contributed by atoms with van der Waals surface area (Å²) in [5.74, 6) is 2.80. The van der Waals surface area contributed by atoms with Crippen molar-refractivity contribution in [2.75, 3.05) is 11.9 Å². The topological polar surface area (TPSA) is 72.7 Å². The van der Waals surface area contributed by atoms with Gasteiger partial charge >= 0.3 is 0 Å². The van der Waals surface area contributed by atoms with Crippen LogP contribution in [-0.4, -0.2) is 26.1 Å². The van der Waals surface area contributed by atoms with Crippen LogP contribution in [0.3, 0.4) is 0 Å². The fraction of sp³-hybridized carbons (Fsp3) is 0.0667. The lowest BCUT2D eigenvalue weighted by molar-refractivity contribution is 0.945. The summed E-state index contributed by atoms with van der Waals surface area (Å²) in [6.45, 7) is 0.255. The zero-order chi connectivity index (χ0) is 14.7. The summed E-state index contributed by atoms with van der Waals surface area (Å²) in [5.41, 5.74) is 0.891. The Morgan fingerprint density at radius 1 is 1.19 bits per heavy atom. The lowest BCUT2D eigenvalue weighted by Gasteiger charge is -2.12. The van der Waals surface area contributed by atoms with Crippen molar-refractivity contribution in [2.24, 2.45) is 0 Å². The van der Waals surface area contributed by atoms with Crippen LogP contribution in [0.4, 0.5) is 5.95 Å². The minimum Gasteiger partial charge on any atom is -0.344 e. The van der Waals surface area contributed by atoms with E-state index in [2.05, 4.69) is 26.2 Å². The number of hydrogen-bond donors (Lipinski definition) is 1. The molecule has 1 N–H and O–H groups in total. The van der Waals surface area contributed by atoms with E-state index in [1.54, 1.807) is 0 Å². The number of terminal acetylenes is 1. The van der Waals surface area contributed by atoms with Crippen LogP contribution in [0.1, 0.15) is 0 Å². The average molecular weight is 277 g/mol. The summed E-state index contributed by atoms with van der Waals surface area (Å²) < 4.78 is 1.44. The Hall–Kier alpha value is -3.20. The van der Waals surface area contributed by atoms with E-state index >= 15 is 0 Å². The van der Waals surface area contributed by atoms with Gasteiger partial charge in [-0.25, -0.2) is 14.5 Å². The number of rotatable bonds is 3. The second kappa shape index (κ2) is 5.43. The van der Waals surface area contributed by atoms with Gasteiger partial charge in [0.2, 0.25) is 5.95 Å². The molecular weight excluding hydrogens is 266 g/mol. The zero-order valence-electron chi connectivity index (χ0n) is 11.0. The molecule has 0 aliphatic heterocycles. The molecule has 3 rings (SSSR count). The van der Waals surface area contributed by atoms with E-state index in [1.807, 2.05) is 30.3 Å². The highest BCUT2D eigenvalue weighted by Gasteiger charge is 2.13. The van der Waals surface area contributed by atoms with E-state index in [1.165, 1.54) is 17.0 Å². The van der Waals surface area contributed by atoms with Crippen molar-refractivity contribution >= 4 is 17.1 Å². The molecule has 0 saturated heterocycles. The highest BCUT2D eigenvalue weighted by atomic mass is 16.1. The molecule has 0 aliphatic rings. The average Bonchev–Trinajstić information content (AvgIpc) is 2.54. The Morgan fingerprint density at radius 3 is 2.71 bits per heavy atom. The van der Waals surface area contributed by atoms with Gasteiger partial charge in [-0.2, -0.15) is 4.98 Å². The Bertz CT molecular complexity index is 880. The number of benzene rings is 1. The zero-order valence-corrected chi connectivity index (χ0v) is 11.0. The summed E-state index contributed by atoms with van der Waals surface area (Å²) in [7, 11) is 0. The predicted octanol–water partition coefficient (Wildman–Crippen LogP) is 1.22. The smallest absolute Gasteiger partial charge is 0.287 e. The van der Waals surface area contributed by atoms with E-state index in [0.717, 1.165) is 0 Å². The van der Waals surface area contributed by atoms with E-state index < -0.39 is 0 Å². The van der Waals surface area contributed by atoms with Crippen molar-refractivity contribution in [2.45, 2.75) is 0 Å². The summed E-state index contributed by atoms with van der Waals surface area (Å²) in [6.07, 6.45) is 8.22. The molecule has 1 aromatic carbocycles. The number of anilines is 1. The Kier molecular flexibility index (Phi) is 3.31. The largest absolute Gasteiger partial charge is 0.344 e. The van der Waals surface area contributed by atoms with Gasteiger partial charge in [-0.3, -0.25) is 4.79 Å². The normalized spacial score (nSPS) is 10.2. The monoisotopic (exact) mass is 277 g/mol. The Morgan fingerprint density at radius 2 is 1.95 bits per heavy atom. The number of hydrogen-bond acceptors (Lipinski definition) is 5. The molecule has 2 aromatic heterocycles. The van der Waals surface area contributed by atoms with Gasteiger partial charge in [0, 0.05) is 12.4 Å². The standard InChI is InChI=1S/C15H11N5O/c1-2-8-18-15-19-13-12(16-9-10-17-13)14(21)20(15)11-6-4-3-5-7-11/h1,3-7,9-10H,8H2,(H,17,18,19). The molecule has 2 heterocycles. The van der Waals surface area contributed by atoms with Crippen LogP contribution in [0.2, 0.25) is 0 Å². The van der Waals surface area contributed by atoms with E-state index in [0.29, 0.717) is 11.6 Å². The SMILES string of the molecule is C#CCNc1nc2nccnc2c(=O)n1-c1ccccc1. The third kappa shape index (κ3) is 2.32. The molecule has 6 nitrogen and oxygen atoms in total. The highest BCUT2D eigenvalue weighted by Crippen LogP contribution is 2.13. The maximum atomic E-state index is 12.6. The first kappa shape index (κ1) is 12.8. The van der Waals surface area contributed by atoms with Crippen molar-refractivity contribution in [3.63, 3.8) is 0 Å². The number of nitrogens with one attached hydrogen (secondary N) is 1. The van der Waals surface area contributed by atoms with E-state index in [9.17, 15) is 4.79 Å². The first-order valence-corrected chi connectivity index (χ1v) is 6.28. The first-order chi connectivity index (χ1) is 10.3. The fourth-order valence-corrected chi connectivity index (χ4v) is 1.98. The quantitative estimate of drug-likeness (QED) is 0.729. The molecule has 0 amide bonds. The van der Waals surface area contributed by atoms with Crippen LogP contribution in [0.25, 0.3) is 16.9 Å². The van der Waals surface area contributed by atoms with Crippen molar-refractivity contribution < 1.29 is 0 Å². The van der Waals surface area contributed by atoms with Gasteiger partial charge in [0.15, 0.2) is 11.2 Å². The molecule has 102 valence electrons. The van der Waals surface area contributed by atoms with Gasteiger partial charge in [-0.15, -0.1) is 6.42 Å². The van der Waals surface area contributed by atoms with Gasteiger partial charge in [-0.05, 0) is 12.1 Å². The summed E-state index contributed by atoms with van der Waals surface area (Å²) in [6, 6.07) is 9.18. The summed E-state index contributed by atoms with van der Waals surface area (Å²) in [5, 5.41) is 2.94. The maximum absolute atomic E-state index is 12.6. The van der Waals surface area contributed by atoms with Crippen LogP contribution in [-0.2, 0) is 0 Å². The second-order valence-electron chi connectivity index (χ2n) is 4.20. The molecule has 0 atom stereocenters. The lowest BCUT2D eigenvalue weighted by atomic mass is 10.3. The number of nitrogens with zero attached hydrogens (tertiary/aromatic N) is 4. The number of fused-ring (bicyclic) bond motifs is 1. The number of aromatic nitrogens is 4. The molecule has 0 radical (unpaired) electrons. The van der Waals surface area contributed by atoms with E-state index in [-0.39, 0.29) is 23.3 Å². The van der Waals surface area contributed by atoms with Gasteiger partial charge in [0.05, 0.1) is 12.2 Å². The van der Waals surface area contributed by atoms with Crippen LogP contribution in [0.15, 0.2) is 47.5 Å². The Balaban J connectivity index is 2.32. The van der Waals surface area contributed by atoms with Crippen molar-refractivity contribution in [3.8, 4) is 18.0 Å². The molecule has 0 fully saturated rings. The molecular formula is C15H11N5O. The van der Waals surface area contributed by atoms with Crippen LogP contribution >= 0.6 is 0 Å². The molecule has 21 heavy (non-hydrogen) atoms. The molecule has 0 unspecified atom stereocenters. The molecule has 6 heteroatoms. The van der Waals surface area contributed by atoms with Crippen LogP contribution in [0, 0.1) is 12.3 Å². The lowest BCUT2D eigenvalue weighted by Crippen LogP contribution is -2.25. The molecule has 0 aliphatic carbocycles. The van der Waals surface area contributed by atoms with Gasteiger partial charge in [0.25, 0.3) is 5.56 Å². The van der Waals surface area contributed by atoms with Crippen LogP contribution in [0.5, 0.6) is 0 Å². The van der Waals surface area contributed by atoms with Gasteiger partial charge in [0.1, 0.15) is 0 Å². The molecule has 3 aromatic rings. The fourth-order valence-electron chi connectivity index (χ4n) is 1.98. The summed E-state index contributed by atoms with van der Waals surface area (Å²) >= 11 is 0. The molecule has 0 spiro atoms. The minimum atomic E-state index is -0.293. The third-order valence-corrected chi connectivity index (χ3v) is 2.87. The van der Waals surface area contributed by atoms with Crippen molar-refractivity contribution in [1.82, 2.24) is 19.5 Å². The third-order valence-electron chi connectivity index (χ3n) is 2.87. The first-order valence-electron chi connectivity index (χ1n) is 6.28. The molecule has 0 saturated carbocycles. The highest BCUT2D eigenvalue weighted by molar-refractivity contribution is 5.70. The van der Waals surface area contributed by atoms with Crippen molar-refractivity contribution in [1.29, 1.82) is 0 Å². The second-order valence-corrected chi connectivity index (χ2v) is 4.20. The summed E-state index contributed by atoms with van der Waals surface area (Å²) in [4.78, 5) is 25.1.